The van der Waals surface area contributed by atoms with Crippen LogP contribution in [0.25, 0.3) is 0 Å². The minimum absolute atomic E-state index is 0.00457. The van der Waals surface area contributed by atoms with E-state index in [0.717, 1.165) is 31.6 Å². The Kier molecular flexibility index (Phi) is 5.73. The zero-order valence-corrected chi connectivity index (χ0v) is 13.2. The maximum atomic E-state index is 13.5. The van der Waals surface area contributed by atoms with Crippen LogP contribution >= 0.6 is 0 Å². The molecule has 118 valence electrons. The van der Waals surface area contributed by atoms with Crippen LogP contribution in [0.3, 0.4) is 0 Å². The van der Waals surface area contributed by atoms with Gasteiger partial charge in [0, 0.05) is 25.3 Å². The molecule has 1 saturated heterocycles. The molecule has 1 aliphatic rings. The Morgan fingerprint density at radius 3 is 2.67 bits per heavy atom. The predicted molar refractivity (Wildman–Crippen MR) is 81.8 cm³/mol. The standard InChI is InChI=1S/C17H26FNO2/c1-17(2,3)19-12-16(13-5-4-6-14(18)11-13)21-15-7-9-20-10-8-15/h4-6,11,15-16,19H,7-10,12H2,1-3H3. The number of rotatable bonds is 5. The number of nitrogens with one attached hydrogen (secondary N) is 1. The van der Waals surface area contributed by atoms with Gasteiger partial charge >= 0.3 is 0 Å². The molecule has 0 saturated carbocycles. The van der Waals surface area contributed by atoms with Crippen LogP contribution in [-0.4, -0.2) is 31.4 Å². The second-order valence-electron chi connectivity index (χ2n) is 6.62. The first-order chi connectivity index (χ1) is 9.94. The van der Waals surface area contributed by atoms with E-state index in [-0.39, 0.29) is 23.6 Å². The van der Waals surface area contributed by atoms with Gasteiger partial charge in [-0.1, -0.05) is 12.1 Å². The lowest BCUT2D eigenvalue weighted by Gasteiger charge is -2.30. The van der Waals surface area contributed by atoms with Gasteiger partial charge in [0.15, 0.2) is 0 Å². The maximum Gasteiger partial charge on any atom is 0.123 e. The van der Waals surface area contributed by atoms with Gasteiger partial charge in [-0.15, -0.1) is 0 Å². The fourth-order valence-electron chi connectivity index (χ4n) is 2.39. The molecule has 1 aliphatic heterocycles. The van der Waals surface area contributed by atoms with Gasteiger partial charge in [0.05, 0.1) is 12.2 Å². The van der Waals surface area contributed by atoms with Crippen molar-refractivity contribution in [2.45, 2.75) is 51.4 Å². The van der Waals surface area contributed by atoms with E-state index in [1.54, 1.807) is 12.1 Å². The molecule has 21 heavy (non-hydrogen) atoms. The fourth-order valence-corrected chi connectivity index (χ4v) is 2.39. The van der Waals surface area contributed by atoms with E-state index < -0.39 is 0 Å². The quantitative estimate of drug-likeness (QED) is 0.902. The maximum absolute atomic E-state index is 13.5. The Balaban J connectivity index is 2.05. The summed E-state index contributed by atoms with van der Waals surface area (Å²) in [5, 5.41) is 3.45. The van der Waals surface area contributed by atoms with Gasteiger partial charge in [0.25, 0.3) is 0 Å². The van der Waals surface area contributed by atoms with E-state index in [1.807, 2.05) is 6.07 Å². The molecule has 0 radical (unpaired) electrons. The average molecular weight is 295 g/mol. The summed E-state index contributed by atoms with van der Waals surface area (Å²) >= 11 is 0. The molecule has 3 nitrogen and oxygen atoms in total. The average Bonchev–Trinajstić information content (AvgIpc) is 2.43. The van der Waals surface area contributed by atoms with Crippen molar-refractivity contribution in [3.05, 3.63) is 35.6 Å². The van der Waals surface area contributed by atoms with E-state index in [9.17, 15) is 4.39 Å². The van der Waals surface area contributed by atoms with E-state index in [2.05, 4.69) is 26.1 Å². The molecule has 0 aromatic heterocycles. The highest BCUT2D eigenvalue weighted by Crippen LogP contribution is 2.24. The fraction of sp³-hybridized carbons (Fsp3) is 0.647. The minimum atomic E-state index is -0.219. The van der Waals surface area contributed by atoms with Crippen molar-refractivity contribution in [3.8, 4) is 0 Å². The SMILES string of the molecule is CC(C)(C)NCC(OC1CCOCC1)c1cccc(F)c1. The van der Waals surface area contributed by atoms with Crippen LogP contribution in [0.4, 0.5) is 4.39 Å². The summed E-state index contributed by atoms with van der Waals surface area (Å²) in [6, 6.07) is 6.69. The van der Waals surface area contributed by atoms with Crippen LogP contribution < -0.4 is 5.32 Å². The molecule has 0 aliphatic carbocycles. The number of ether oxygens (including phenoxy) is 2. The summed E-state index contributed by atoms with van der Waals surface area (Å²) in [6.45, 7) is 8.50. The Morgan fingerprint density at radius 1 is 1.33 bits per heavy atom. The van der Waals surface area contributed by atoms with Crippen molar-refractivity contribution in [2.24, 2.45) is 0 Å². The van der Waals surface area contributed by atoms with E-state index in [4.69, 9.17) is 9.47 Å². The third-order valence-electron chi connectivity index (χ3n) is 3.56. The van der Waals surface area contributed by atoms with E-state index >= 15 is 0 Å². The van der Waals surface area contributed by atoms with Crippen molar-refractivity contribution in [1.82, 2.24) is 5.32 Å². The van der Waals surface area contributed by atoms with E-state index in [0.29, 0.717) is 6.54 Å². The Morgan fingerprint density at radius 2 is 2.05 bits per heavy atom. The molecule has 1 N–H and O–H groups in total. The largest absolute Gasteiger partial charge is 0.381 e. The zero-order valence-electron chi connectivity index (χ0n) is 13.2. The molecule has 1 unspecified atom stereocenters. The lowest BCUT2D eigenvalue weighted by atomic mass is 10.0. The first kappa shape index (κ1) is 16.4. The first-order valence-electron chi connectivity index (χ1n) is 7.68. The molecule has 0 bridgehead atoms. The molecular formula is C17H26FNO2. The van der Waals surface area contributed by atoms with Crippen LogP contribution in [-0.2, 0) is 9.47 Å². The lowest BCUT2D eigenvalue weighted by molar-refractivity contribution is -0.0702. The highest BCUT2D eigenvalue weighted by molar-refractivity contribution is 5.19. The summed E-state index contributed by atoms with van der Waals surface area (Å²) in [4.78, 5) is 0. The van der Waals surface area contributed by atoms with Crippen molar-refractivity contribution in [3.63, 3.8) is 0 Å². The molecule has 0 spiro atoms. The second kappa shape index (κ2) is 7.34. The minimum Gasteiger partial charge on any atom is -0.381 e. The highest BCUT2D eigenvalue weighted by atomic mass is 19.1. The van der Waals surface area contributed by atoms with Crippen LogP contribution in [0.5, 0.6) is 0 Å². The van der Waals surface area contributed by atoms with Gasteiger partial charge < -0.3 is 14.8 Å². The molecule has 4 heteroatoms. The summed E-state index contributed by atoms with van der Waals surface area (Å²) in [7, 11) is 0. The number of hydrogen-bond acceptors (Lipinski definition) is 3. The van der Waals surface area contributed by atoms with Crippen molar-refractivity contribution in [1.29, 1.82) is 0 Å². The Labute approximate surface area is 126 Å². The van der Waals surface area contributed by atoms with Crippen molar-refractivity contribution in [2.75, 3.05) is 19.8 Å². The van der Waals surface area contributed by atoms with Crippen LogP contribution in [0, 0.1) is 5.82 Å². The Bertz CT molecular complexity index is 439. The summed E-state index contributed by atoms with van der Waals surface area (Å²) in [6.07, 6.45) is 1.86. The molecule has 2 rings (SSSR count). The third-order valence-corrected chi connectivity index (χ3v) is 3.56. The summed E-state index contributed by atoms with van der Waals surface area (Å²) in [5.41, 5.74) is 0.892. The lowest BCUT2D eigenvalue weighted by Crippen LogP contribution is -2.40. The second-order valence-corrected chi connectivity index (χ2v) is 6.62. The van der Waals surface area contributed by atoms with Crippen molar-refractivity contribution >= 4 is 0 Å². The monoisotopic (exact) mass is 295 g/mol. The number of hydrogen-bond donors (Lipinski definition) is 1. The normalized spacial score (nSPS) is 18.7. The van der Waals surface area contributed by atoms with Gasteiger partial charge in [-0.25, -0.2) is 4.39 Å². The van der Waals surface area contributed by atoms with Gasteiger partial charge in [-0.3, -0.25) is 0 Å². The van der Waals surface area contributed by atoms with E-state index in [1.165, 1.54) is 6.07 Å². The molecule has 1 fully saturated rings. The number of benzene rings is 1. The molecule has 1 heterocycles. The first-order valence-corrected chi connectivity index (χ1v) is 7.68. The van der Waals surface area contributed by atoms with Crippen LogP contribution in [0.1, 0.15) is 45.3 Å². The Hall–Kier alpha value is -0.970. The topological polar surface area (TPSA) is 30.5 Å². The summed E-state index contributed by atoms with van der Waals surface area (Å²) in [5.74, 6) is -0.219. The number of halogens is 1. The smallest absolute Gasteiger partial charge is 0.123 e. The van der Waals surface area contributed by atoms with Crippen molar-refractivity contribution < 1.29 is 13.9 Å². The van der Waals surface area contributed by atoms with Crippen LogP contribution in [0.15, 0.2) is 24.3 Å². The molecular weight excluding hydrogens is 269 g/mol. The predicted octanol–water partition coefficient (Wildman–Crippen LogP) is 3.45. The van der Waals surface area contributed by atoms with Gasteiger partial charge in [-0.05, 0) is 51.3 Å². The summed E-state index contributed by atoms with van der Waals surface area (Å²) < 4.78 is 25.1. The molecule has 1 aromatic carbocycles. The van der Waals surface area contributed by atoms with Crippen LogP contribution in [0.2, 0.25) is 0 Å². The van der Waals surface area contributed by atoms with Gasteiger partial charge in [-0.2, -0.15) is 0 Å². The highest BCUT2D eigenvalue weighted by Gasteiger charge is 2.22. The third kappa shape index (κ3) is 5.73. The van der Waals surface area contributed by atoms with Gasteiger partial charge in [0.2, 0.25) is 0 Å². The molecule has 1 atom stereocenters. The zero-order chi connectivity index (χ0) is 15.3. The molecule has 1 aromatic rings. The molecule has 0 amide bonds. The van der Waals surface area contributed by atoms with Gasteiger partial charge in [0.1, 0.15) is 5.82 Å².